The molecule has 0 aliphatic rings. The van der Waals surface area contributed by atoms with E-state index >= 15 is 0 Å². The second-order valence-electron chi connectivity index (χ2n) is 6.28. The molecule has 1 amide bonds. The second kappa shape index (κ2) is 8.50. The quantitative estimate of drug-likeness (QED) is 0.449. The van der Waals surface area contributed by atoms with Crippen molar-refractivity contribution in [3.8, 4) is 11.3 Å². The van der Waals surface area contributed by atoms with Gasteiger partial charge in [0.1, 0.15) is 0 Å². The normalized spacial score (nSPS) is 10.4. The summed E-state index contributed by atoms with van der Waals surface area (Å²) < 4.78 is 0. The largest absolute Gasteiger partial charge is 0.357 e. The van der Waals surface area contributed by atoms with Gasteiger partial charge >= 0.3 is 0 Å². The molecule has 0 aliphatic carbocycles. The van der Waals surface area contributed by atoms with Crippen molar-refractivity contribution < 1.29 is 4.79 Å². The molecule has 5 heteroatoms. The van der Waals surface area contributed by atoms with Crippen molar-refractivity contribution in [1.29, 1.82) is 0 Å². The van der Waals surface area contributed by atoms with Crippen LogP contribution in [0.25, 0.3) is 11.3 Å². The number of anilines is 2. The summed E-state index contributed by atoms with van der Waals surface area (Å²) in [6.45, 7) is 0.737. The van der Waals surface area contributed by atoms with Crippen LogP contribution >= 0.6 is 11.3 Å². The minimum atomic E-state index is -0.124. The number of carbonyl (C=O) groups excluding carboxylic acids is 1. The van der Waals surface area contributed by atoms with Gasteiger partial charge in [0.25, 0.3) is 5.91 Å². The molecule has 0 radical (unpaired) electrons. The topological polar surface area (TPSA) is 54.0 Å². The lowest BCUT2D eigenvalue weighted by atomic mass is 10.1. The van der Waals surface area contributed by atoms with E-state index in [1.165, 1.54) is 5.56 Å². The van der Waals surface area contributed by atoms with E-state index in [9.17, 15) is 4.79 Å². The fourth-order valence-corrected chi connectivity index (χ4v) is 3.53. The van der Waals surface area contributed by atoms with E-state index in [0.717, 1.165) is 28.6 Å². The van der Waals surface area contributed by atoms with Gasteiger partial charge in [0.2, 0.25) is 0 Å². The van der Waals surface area contributed by atoms with Gasteiger partial charge in [-0.25, -0.2) is 4.98 Å². The van der Waals surface area contributed by atoms with Crippen LogP contribution in [0.2, 0.25) is 0 Å². The molecule has 3 aromatic carbocycles. The summed E-state index contributed by atoms with van der Waals surface area (Å²) in [4.78, 5) is 17.0. The van der Waals surface area contributed by atoms with Crippen LogP contribution < -0.4 is 10.6 Å². The zero-order valence-corrected chi connectivity index (χ0v) is 15.9. The van der Waals surface area contributed by atoms with Crippen molar-refractivity contribution in [1.82, 2.24) is 4.98 Å². The molecule has 0 bridgehead atoms. The molecule has 0 spiro atoms. The molecular weight excluding hydrogens is 366 g/mol. The summed E-state index contributed by atoms with van der Waals surface area (Å²) in [5, 5.41) is 9.19. The molecule has 0 saturated heterocycles. The first-order valence-corrected chi connectivity index (χ1v) is 9.86. The van der Waals surface area contributed by atoms with Gasteiger partial charge in [-0.2, -0.15) is 0 Å². The Labute approximate surface area is 167 Å². The maximum absolute atomic E-state index is 12.4. The number of amides is 1. The van der Waals surface area contributed by atoms with Gasteiger partial charge in [-0.1, -0.05) is 60.7 Å². The third-order valence-electron chi connectivity index (χ3n) is 4.24. The molecule has 2 N–H and O–H groups in total. The van der Waals surface area contributed by atoms with E-state index in [-0.39, 0.29) is 5.91 Å². The first kappa shape index (κ1) is 17.9. The minimum Gasteiger partial charge on any atom is -0.357 e. The molecule has 1 heterocycles. The summed E-state index contributed by atoms with van der Waals surface area (Å²) in [5.41, 5.74) is 4.45. The summed E-state index contributed by atoms with van der Waals surface area (Å²) in [5.74, 6) is -0.124. The Kier molecular flexibility index (Phi) is 5.45. The Balaban J connectivity index is 1.44. The number of hydrogen-bond acceptors (Lipinski definition) is 4. The molecule has 0 fully saturated rings. The maximum Gasteiger partial charge on any atom is 0.255 e. The molecule has 0 aliphatic heterocycles. The lowest BCUT2D eigenvalue weighted by Crippen LogP contribution is -2.11. The van der Waals surface area contributed by atoms with Crippen molar-refractivity contribution in [2.45, 2.75) is 6.54 Å². The zero-order chi connectivity index (χ0) is 19.2. The number of aromatic nitrogens is 1. The number of nitrogens with zero attached hydrogens (tertiary/aromatic N) is 1. The molecular formula is C23H19N3OS. The summed E-state index contributed by atoms with van der Waals surface area (Å²) in [6.07, 6.45) is 0. The number of benzene rings is 3. The van der Waals surface area contributed by atoms with Gasteiger partial charge in [-0.05, 0) is 29.8 Å². The number of rotatable bonds is 6. The van der Waals surface area contributed by atoms with Gasteiger partial charge in [0.15, 0.2) is 5.13 Å². The van der Waals surface area contributed by atoms with Crippen LogP contribution in [-0.4, -0.2) is 10.9 Å². The number of hydrogen-bond donors (Lipinski definition) is 2. The van der Waals surface area contributed by atoms with Crippen molar-refractivity contribution in [2.75, 3.05) is 10.6 Å². The van der Waals surface area contributed by atoms with Crippen LogP contribution in [0.3, 0.4) is 0 Å². The molecule has 4 aromatic rings. The Morgan fingerprint density at radius 2 is 1.64 bits per heavy atom. The molecule has 0 atom stereocenters. The molecule has 0 saturated carbocycles. The van der Waals surface area contributed by atoms with Crippen molar-refractivity contribution in [3.63, 3.8) is 0 Å². The van der Waals surface area contributed by atoms with E-state index < -0.39 is 0 Å². The Morgan fingerprint density at radius 1 is 0.893 bits per heavy atom. The van der Waals surface area contributed by atoms with Crippen LogP contribution in [0.5, 0.6) is 0 Å². The predicted octanol–water partition coefficient (Wildman–Crippen LogP) is 5.67. The summed E-state index contributed by atoms with van der Waals surface area (Å²) in [7, 11) is 0. The Hall–Kier alpha value is -3.44. The highest BCUT2D eigenvalue weighted by atomic mass is 32.1. The highest BCUT2D eigenvalue weighted by Gasteiger charge is 2.08. The average molecular weight is 385 g/mol. The van der Waals surface area contributed by atoms with E-state index in [2.05, 4.69) is 27.8 Å². The minimum absolute atomic E-state index is 0.124. The molecule has 0 unspecified atom stereocenters. The van der Waals surface area contributed by atoms with Crippen LogP contribution in [0, 0.1) is 0 Å². The summed E-state index contributed by atoms with van der Waals surface area (Å²) >= 11 is 1.57. The van der Waals surface area contributed by atoms with E-state index in [1.807, 2.05) is 66.0 Å². The average Bonchev–Trinajstić information content (AvgIpc) is 3.23. The molecule has 4 rings (SSSR count). The lowest BCUT2D eigenvalue weighted by molar-refractivity contribution is 0.102. The number of carbonyl (C=O) groups is 1. The lowest BCUT2D eigenvalue weighted by Gasteiger charge is -2.07. The Morgan fingerprint density at radius 3 is 2.43 bits per heavy atom. The highest BCUT2D eigenvalue weighted by molar-refractivity contribution is 7.14. The van der Waals surface area contributed by atoms with Crippen LogP contribution in [-0.2, 0) is 6.54 Å². The van der Waals surface area contributed by atoms with Gasteiger partial charge in [0, 0.05) is 28.7 Å². The maximum atomic E-state index is 12.4. The first-order valence-electron chi connectivity index (χ1n) is 8.98. The highest BCUT2D eigenvalue weighted by Crippen LogP contribution is 2.27. The third-order valence-corrected chi connectivity index (χ3v) is 5.04. The fourth-order valence-electron chi connectivity index (χ4n) is 2.81. The van der Waals surface area contributed by atoms with E-state index in [1.54, 1.807) is 23.5 Å². The van der Waals surface area contributed by atoms with Crippen molar-refractivity contribution in [2.24, 2.45) is 0 Å². The molecule has 1 aromatic heterocycles. The fraction of sp³-hybridized carbons (Fsp3) is 0.0435. The van der Waals surface area contributed by atoms with Crippen LogP contribution in [0.15, 0.2) is 90.3 Å². The van der Waals surface area contributed by atoms with Gasteiger partial charge in [-0.3, -0.25) is 4.79 Å². The second-order valence-corrected chi connectivity index (χ2v) is 7.14. The molecule has 4 nitrogen and oxygen atoms in total. The molecule has 28 heavy (non-hydrogen) atoms. The third kappa shape index (κ3) is 4.45. The van der Waals surface area contributed by atoms with Crippen molar-refractivity contribution >= 4 is 28.1 Å². The predicted molar refractivity (Wildman–Crippen MR) is 116 cm³/mol. The van der Waals surface area contributed by atoms with Crippen LogP contribution in [0.4, 0.5) is 10.8 Å². The SMILES string of the molecule is O=C(Nc1cccc(-c2csc(NCc3ccccc3)n2)c1)c1ccccc1. The smallest absolute Gasteiger partial charge is 0.255 e. The van der Waals surface area contributed by atoms with Gasteiger partial charge in [0.05, 0.1) is 5.69 Å². The van der Waals surface area contributed by atoms with Gasteiger partial charge < -0.3 is 10.6 Å². The zero-order valence-electron chi connectivity index (χ0n) is 15.1. The van der Waals surface area contributed by atoms with E-state index in [0.29, 0.717) is 5.56 Å². The monoisotopic (exact) mass is 385 g/mol. The number of thiazole rings is 1. The van der Waals surface area contributed by atoms with Gasteiger partial charge in [-0.15, -0.1) is 11.3 Å². The van der Waals surface area contributed by atoms with Crippen LogP contribution in [0.1, 0.15) is 15.9 Å². The first-order chi connectivity index (χ1) is 13.8. The van der Waals surface area contributed by atoms with E-state index in [4.69, 9.17) is 0 Å². The standard InChI is InChI=1S/C23H19N3OS/c27-22(18-10-5-2-6-11-18)25-20-13-7-12-19(14-20)21-16-28-23(26-21)24-15-17-8-3-1-4-9-17/h1-14,16H,15H2,(H,24,26)(H,25,27). The molecule has 138 valence electrons. The Bertz CT molecular complexity index is 1060. The number of nitrogens with one attached hydrogen (secondary N) is 2. The summed E-state index contributed by atoms with van der Waals surface area (Å²) in [6, 6.07) is 27.2. The van der Waals surface area contributed by atoms with Crippen molar-refractivity contribution in [3.05, 3.63) is 101 Å².